The fourth-order valence-electron chi connectivity index (χ4n) is 0.693. The lowest BCUT2D eigenvalue weighted by molar-refractivity contribution is -0.0799. The van der Waals surface area contributed by atoms with Gasteiger partial charge in [-0.15, -0.1) is 5.10 Å². The van der Waals surface area contributed by atoms with E-state index in [0.717, 1.165) is 0 Å². The molecular weight excluding hydrogens is 166 g/mol. The van der Waals surface area contributed by atoms with Crippen molar-refractivity contribution in [2.24, 2.45) is 0 Å². The molecule has 0 aliphatic carbocycles. The SMILES string of the molecule is Nc1nnc(OC2COC2)s1. The zero-order chi connectivity index (χ0) is 7.68. The van der Waals surface area contributed by atoms with Crippen LogP contribution in [0.15, 0.2) is 0 Å². The second-order valence-electron chi connectivity index (χ2n) is 2.18. The average Bonchev–Trinajstić information content (AvgIpc) is 2.27. The molecule has 0 aromatic carbocycles. The molecule has 11 heavy (non-hydrogen) atoms. The molecule has 2 heterocycles. The number of hydrogen-bond donors (Lipinski definition) is 1. The molecule has 0 saturated carbocycles. The van der Waals surface area contributed by atoms with Crippen molar-refractivity contribution in [2.75, 3.05) is 18.9 Å². The Hall–Kier alpha value is -0.880. The molecule has 1 aromatic rings. The topological polar surface area (TPSA) is 70.3 Å². The summed E-state index contributed by atoms with van der Waals surface area (Å²) >= 11 is 1.24. The molecule has 1 aromatic heterocycles. The van der Waals surface area contributed by atoms with Crippen LogP contribution in [0.4, 0.5) is 5.13 Å². The molecule has 0 atom stereocenters. The summed E-state index contributed by atoms with van der Waals surface area (Å²) in [6.07, 6.45) is 0.141. The van der Waals surface area contributed by atoms with E-state index < -0.39 is 0 Å². The number of ether oxygens (including phenoxy) is 2. The second kappa shape index (κ2) is 2.63. The van der Waals surface area contributed by atoms with E-state index in [9.17, 15) is 0 Å². The first-order valence-electron chi connectivity index (χ1n) is 3.18. The van der Waals surface area contributed by atoms with E-state index in [1.807, 2.05) is 0 Å². The van der Waals surface area contributed by atoms with Gasteiger partial charge in [-0.05, 0) is 11.3 Å². The molecule has 0 bridgehead atoms. The summed E-state index contributed by atoms with van der Waals surface area (Å²) in [5, 5.41) is 8.27. The molecule has 0 radical (unpaired) electrons. The summed E-state index contributed by atoms with van der Waals surface area (Å²) in [4.78, 5) is 0. The maximum Gasteiger partial charge on any atom is 0.296 e. The Morgan fingerprint density at radius 1 is 1.55 bits per heavy atom. The van der Waals surface area contributed by atoms with Crippen molar-refractivity contribution in [1.29, 1.82) is 0 Å². The predicted molar refractivity (Wildman–Crippen MR) is 39.6 cm³/mol. The molecule has 1 saturated heterocycles. The zero-order valence-electron chi connectivity index (χ0n) is 5.69. The van der Waals surface area contributed by atoms with Gasteiger partial charge in [-0.3, -0.25) is 0 Å². The number of nitrogens with zero attached hydrogens (tertiary/aromatic N) is 2. The highest BCUT2D eigenvalue weighted by molar-refractivity contribution is 7.16. The van der Waals surface area contributed by atoms with Crippen molar-refractivity contribution >= 4 is 16.5 Å². The van der Waals surface area contributed by atoms with Crippen LogP contribution in [0.1, 0.15) is 0 Å². The van der Waals surface area contributed by atoms with Gasteiger partial charge in [-0.2, -0.15) is 0 Å². The lowest BCUT2D eigenvalue weighted by atomic mass is 10.3. The van der Waals surface area contributed by atoms with Crippen LogP contribution in [0.2, 0.25) is 0 Å². The molecule has 6 heteroatoms. The van der Waals surface area contributed by atoms with Crippen LogP contribution in [-0.2, 0) is 4.74 Å². The van der Waals surface area contributed by atoms with E-state index in [1.165, 1.54) is 11.3 Å². The van der Waals surface area contributed by atoms with E-state index in [2.05, 4.69) is 10.2 Å². The fourth-order valence-corrected chi connectivity index (χ4v) is 1.22. The maximum absolute atomic E-state index is 5.35. The van der Waals surface area contributed by atoms with Crippen molar-refractivity contribution in [3.63, 3.8) is 0 Å². The van der Waals surface area contributed by atoms with E-state index in [-0.39, 0.29) is 6.10 Å². The number of anilines is 1. The van der Waals surface area contributed by atoms with Crippen LogP contribution in [0.25, 0.3) is 0 Å². The fraction of sp³-hybridized carbons (Fsp3) is 0.600. The highest BCUT2D eigenvalue weighted by Gasteiger charge is 2.21. The molecule has 1 aliphatic heterocycles. The second-order valence-corrected chi connectivity index (χ2v) is 3.16. The third-order valence-electron chi connectivity index (χ3n) is 1.30. The van der Waals surface area contributed by atoms with Gasteiger partial charge in [0.15, 0.2) is 0 Å². The van der Waals surface area contributed by atoms with Crippen molar-refractivity contribution in [1.82, 2.24) is 10.2 Å². The lowest BCUT2D eigenvalue weighted by Gasteiger charge is -2.24. The minimum Gasteiger partial charge on any atom is -0.461 e. The Labute approximate surface area is 67.1 Å². The smallest absolute Gasteiger partial charge is 0.296 e. The molecule has 5 nitrogen and oxygen atoms in total. The Bertz CT molecular complexity index is 248. The number of nitrogens with two attached hydrogens (primary N) is 1. The van der Waals surface area contributed by atoms with E-state index >= 15 is 0 Å². The number of rotatable bonds is 2. The van der Waals surface area contributed by atoms with Crippen LogP contribution >= 0.6 is 11.3 Å². The number of nitrogen functional groups attached to an aromatic ring is 1. The van der Waals surface area contributed by atoms with Gasteiger partial charge in [0.05, 0.1) is 13.2 Å². The summed E-state index contributed by atoms with van der Waals surface area (Å²) in [5.41, 5.74) is 5.35. The highest BCUT2D eigenvalue weighted by atomic mass is 32.1. The predicted octanol–water partition coefficient (Wildman–Crippen LogP) is -0.102. The van der Waals surface area contributed by atoms with Gasteiger partial charge in [0.1, 0.15) is 6.10 Å². The molecule has 60 valence electrons. The summed E-state index contributed by atoms with van der Waals surface area (Å²) in [5.74, 6) is 0. The Morgan fingerprint density at radius 2 is 2.36 bits per heavy atom. The van der Waals surface area contributed by atoms with Crippen LogP contribution in [0.5, 0.6) is 5.19 Å². The summed E-state index contributed by atoms with van der Waals surface area (Å²) < 4.78 is 10.2. The first-order chi connectivity index (χ1) is 5.34. The van der Waals surface area contributed by atoms with Crippen molar-refractivity contribution in [3.8, 4) is 5.19 Å². The Balaban J connectivity index is 1.95. The van der Waals surface area contributed by atoms with Gasteiger partial charge in [0.25, 0.3) is 5.19 Å². The van der Waals surface area contributed by atoms with Gasteiger partial charge >= 0.3 is 0 Å². The van der Waals surface area contributed by atoms with Crippen molar-refractivity contribution in [3.05, 3.63) is 0 Å². The minimum absolute atomic E-state index is 0.141. The monoisotopic (exact) mass is 173 g/mol. The molecule has 1 fully saturated rings. The van der Waals surface area contributed by atoms with E-state index in [1.54, 1.807) is 0 Å². The van der Waals surface area contributed by atoms with E-state index in [4.69, 9.17) is 15.2 Å². The third kappa shape index (κ3) is 1.41. The van der Waals surface area contributed by atoms with Crippen LogP contribution in [-0.4, -0.2) is 29.5 Å². The molecule has 1 aliphatic rings. The van der Waals surface area contributed by atoms with Crippen LogP contribution < -0.4 is 10.5 Å². The molecule has 0 amide bonds. The first kappa shape index (κ1) is 6.81. The third-order valence-corrected chi connectivity index (χ3v) is 1.94. The quantitative estimate of drug-likeness (QED) is 0.676. The minimum atomic E-state index is 0.141. The maximum atomic E-state index is 5.35. The van der Waals surface area contributed by atoms with Crippen LogP contribution in [0, 0.1) is 0 Å². The average molecular weight is 173 g/mol. The largest absolute Gasteiger partial charge is 0.461 e. The van der Waals surface area contributed by atoms with Gasteiger partial charge in [-0.25, -0.2) is 0 Å². The summed E-state index contributed by atoms with van der Waals surface area (Å²) in [7, 11) is 0. The molecule has 2 rings (SSSR count). The van der Waals surface area contributed by atoms with Gasteiger partial charge in [-0.1, -0.05) is 5.10 Å². The van der Waals surface area contributed by atoms with Gasteiger partial charge in [0, 0.05) is 0 Å². The van der Waals surface area contributed by atoms with Crippen molar-refractivity contribution in [2.45, 2.75) is 6.10 Å². The molecule has 0 spiro atoms. The van der Waals surface area contributed by atoms with E-state index in [0.29, 0.717) is 23.5 Å². The standard InChI is InChI=1S/C5H7N3O2S/c6-4-7-8-5(11-4)10-3-1-9-2-3/h3H,1-2H2,(H2,6,7). The van der Waals surface area contributed by atoms with Crippen LogP contribution in [0.3, 0.4) is 0 Å². The Morgan fingerprint density at radius 3 is 2.82 bits per heavy atom. The number of hydrogen-bond acceptors (Lipinski definition) is 6. The summed E-state index contributed by atoms with van der Waals surface area (Å²) in [6, 6.07) is 0. The lowest BCUT2D eigenvalue weighted by Crippen LogP contribution is -2.38. The molecule has 0 unspecified atom stereocenters. The molecule has 2 N–H and O–H groups in total. The normalized spacial score (nSPS) is 17.8. The van der Waals surface area contributed by atoms with Gasteiger partial charge in [0.2, 0.25) is 5.13 Å². The Kier molecular flexibility index (Phi) is 1.63. The number of aromatic nitrogens is 2. The highest BCUT2D eigenvalue weighted by Crippen LogP contribution is 2.21. The summed E-state index contributed by atoms with van der Waals surface area (Å²) in [6.45, 7) is 1.28. The van der Waals surface area contributed by atoms with Crippen molar-refractivity contribution < 1.29 is 9.47 Å². The van der Waals surface area contributed by atoms with Gasteiger partial charge < -0.3 is 15.2 Å². The first-order valence-corrected chi connectivity index (χ1v) is 3.99. The molecular formula is C5H7N3O2S. The zero-order valence-corrected chi connectivity index (χ0v) is 6.50.